The molecule has 5 rings (SSSR count). The number of carbonyl (C=O) groups is 3. The predicted molar refractivity (Wildman–Crippen MR) is 148 cm³/mol. The van der Waals surface area contributed by atoms with E-state index in [-0.39, 0.29) is 19.0 Å². The van der Waals surface area contributed by atoms with Gasteiger partial charge in [-0.25, -0.2) is 9.69 Å². The number of methoxy groups -OCH3 is 1. The monoisotopic (exact) mass is 626 g/mol. The number of nitrogens with zero attached hydrogens (tertiary/aromatic N) is 1. The van der Waals surface area contributed by atoms with Gasteiger partial charge in [0.1, 0.15) is 12.2 Å². The third-order valence-electron chi connectivity index (χ3n) is 5.95. The zero-order valence-electron chi connectivity index (χ0n) is 20.8. The second-order valence-corrected chi connectivity index (χ2v) is 9.98. The maximum atomic E-state index is 13.3. The highest BCUT2D eigenvalue weighted by Crippen LogP contribution is 2.37. The summed E-state index contributed by atoms with van der Waals surface area (Å²) in [5.74, 6) is 0.823. The molecule has 2 aliphatic rings. The molecule has 0 bridgehead atoms. The summed E-state index contributed by atoms with van der Waals surface area (Å²) < 4.78 is 23.1. The van der Waals surface area contributed by atoms with E-state index >= 15 is 0 Å². The lowest BCUT2D eigenvalue weighted by molar-refractivity contribution is -0.122. The highest BCUT2D eigenvalue weighted by atomic mass is 127. The maximum absolute atomic E-state index is 13.3. The molecule has 3 aromatic carbocycles. The highest BCUT2D eigenvalue weighted by molar-refractivity contribution is 14.1. The number of hydrogen-bond acceptors (Lipinski definition) is 7. The maximum Gasteiger partial charge on any atom is 0.335 e. The Balaban J connectivity index is 1.42. The van der Waals surface area contributed by atoms with Crippen LogP contribution < -0.4 is 29.2 Å². The van der Waals surface area contributed by atoms with E-state index in [0.29, 0.717) is 37.8 Å². The van der Waals surface area contributed by atoms with E-state index in [0.717, 1.165) is 21.6 Å². The van der Waals surface area contributed by atoms with Crippen LogP contribution in [-0.2, 0) is 16.2 Å². The van der Waals surface area contributed by atoms with Gasteiger partial charge >= 0.3 is 6.03 Å². The van der Waals surface area contributed by atoms with E-state index in [1.807, 2.05) is 38.1 Å². The zero-order valence-corrected chi connectivity index (χ0v) is 23.0. The van der Waals surface area contributed by atoms with Crippen LogP contribution in [-0.4, -0.2) is 31.7 Å². The Bertz CT molecular complexity index is 1500. The first-order valence-electron chi connectivity index (χ1n) is 11.6. The number of barbiturate groups is 1. The van der Waals surface area contributed by atoms with Crippen molar-refractivity contribution in [2.24, 2.45) is 0 Å². The summed E-state index contributed by atoms with van der Waals surface area (Å²) >= 11 is 2.11. The van der Waals surface area contributed by atoms with Gasteiger partial charge in [0.2, 0.25) is 6.79 Å². The van der Waals surface area contributed by atoms with Crippen molar-refractivity contribution in [1.82, 2.24) is 5.32 Å². The number of ether oxygens (including phenoxy) is 4. The van der Waals surface area contributed by atoms with Gasteiger partial charge in [0.15, 0.2) is 23.0 Å². The summed E-state index contributed by atoms with van der Waals surface area (Å²) in [5.41, 5.74) is 3.42. The first-order valence-corrected chi connectivity index (χ1v) is 12.7. The van der Waals surface area contributed by atoms with Gasteiger partial charge in [0.05, 0.1) is 16.4 Å². The average Bonchev–Trinajstić information content (AvgIpc) is 3.33. The van der Waals surface area contributed by atoms with Crippen molar-refractivity contribution in [3.63, 3.8) is 0 Å². The molecule has 2 aliphatic heterocycles. The molecule has 1 fully saturated rings. The summed E-state index contributed by atoms with van der Waals surface area (Å²) in [6, 6.07) is 13.6. The quantitative estimate of drug-likeness (QED) is 0.236. The summed E-state index contributed by atoms with van der Waals surface area (Å²) in [5, 5.41) is 2.26. The lowest BCUT2D eigenvalue weighted by Gasteiger charge is -2.27. The van der Waals surface area contributed by atoms with Gasteiger partial charge in [0, 0.05) is 0 Å². The van der Waals surface area contributed by atoms with Gasteiger partial charge in [-0.3, -0.25) is 14.9 Å². The molecular weight excluding hydrogens is 603 g/mol. The van der Waals surface area contributed by atoms with Crippen molar-refractivity contribution in [2.75, 3.05) is 18.8 Å². The Labute approximate surface area is 232 Å². The van der Waals surface area contributed by atoms with Crippen LogP contribution in [0, 0.1) is 17.4 Å². The molecule has 0 unspecified atom stereocenters. The van der Waals surface area contributed by atoms with Crippen molar-refractivity contribution >= 4 is 52.2 Å². The molecule has 1 saturated heterocycles. The SMILES string of the molecule is COc1cc(/C=C2\C(=O)NC(=O)N(c3cc(C)cc(C)c3)C2=O)cc(I)c1OCc1ccc2c(c1)OCO2. The van der Waals surface area contributed by atoms with Crippen molar-refractivity contribution in [1.29, 1.82) is 0 Å². The number of benzene rings is 3. The van der Waals surface area contributed by atoms with Gasteiger partial charge < -0.3 is 18.9 Å². The normalized spacial score (nSPS) is 15.6. The molecule has 0 aliphatic carbocycles. The molecule has 9 nitrogen and oxygen atoms in total. The molecule has 0 saturated carbocycles. The van der Waals surface area contributed by atoms with Gasteiger partial charge in [-0.2, -0.15) is 0 Å². The number of halogens is 1. The topological polar surface area (TPSA) is 103 Å². The van der Waals surface area contributed by atoms with Crippen LogP contribution in [0.25, 0.3) is 6.08 Å². The minimum Gasteiger partial charge on any atom is -0.493 e. The molecule has 0 aromatic heterocycles. The number of aryl methyl sites for hydroxylation is 2. The van der Waals surface area contributed by atoms with E-state index in [2.05, 4.69) is 27.9 Å². The van der Waals surface area contributed by atoms with Crippen LogP contribution in [0.5, 0.6) is 23.0 Å². The second kappa shape index (κ2) is 10.4. The molecule has 194 valence electrons. The molecule has 3 aromatic rings. The number of hydrogen-bond donors (Lipinski definition) is 1. The third kappa shape index (κ3) is 5.03. The smallest absolute Gasteiger partial charge is 0.335 e. The number of carbonyl (C=O) groups excluding carboxylic acids is 3. The molecule has 0 spiro atoms. The Kier molecular flexibility index (Phi) is 6.98. The van der Waals surface area contributed by atoms with Crippen LogP contribution in [0.3, 0.4) is 0 Å². The molecule has 1 N–H and O–H groups in total. The fourth-order valence-electron chi connectivity index (χ4n) is 4.29. The van der Waals surface area contributed by atoms with E-state index in [9.17, 15) is 14.4 Å². The Morgan fingerprint density at radius 1 is 1.00 bits per heavy atom. The van der Waals surface area contributed by atoms with Crippen molar-refractivity contribution in [3.8, 4) is 23.0 Å². The largest absolute Gasteiger partial charge is 0.493 e. The standard InChI is InChI=1S/C28H23IN2O7/c1-15-6-16(2)8-19(7-15)31-27(33)20(26(32)30-28(31)34)9-18-10-21(29)25(24(12-18)35-3)36-13-17-4-5-22-23(11-17)38-14-37-22/h4-12H,13-14H2,1-3H3,(H,30,32,34)/b20-9+. The van der Waals surface area contributed by atoms with Crippen LogP contribution >= 0.6 is 22.6 Å². The fourth-order valence-corrected chi connectivity index (χ4v) is 5.07. The molecule has 2 heterocycles. The van der Waals surface area contributed by atoms with Crippen molar-refractivity contribution in [2.45, 2.75) is 20.5 Å². The summed E-state index contributed by atoms with van der Waals surface area (Å²) in [6.45, 7) is 4.20. The number of anilines is 1. The second-order valence-electron chi connectivity index (χ2n) is 8.81. The van der Waals surface area contributed by atoms with Crippen LogP contribution in [0.1, 0.15) is 22.3 Å². The number of fused-ring (bicyclic) bond motifs is 1. The Morgan fingerprint density at radius 2 is 1.74 bits per heavy atom. The Hall–Kier alpha value is -4.06. The number of urea groups is 1. The molecule has 0 atom stereocenters. The average molecular weight is 626 g/mol. The van der Waals surface area contributed by atoms with Crippen LogP contribution in [0.2, 0.25) is 0 Å². The lowest BCUT2D eigenvalue weighted by Crippen LogP contribution is -2.54. The number of rotatable bonds is 6. The Morgan fingerprint density at radius 3 is 2.47 bits per heavy atom. The molecule has 4 amide bonds. The first-order chi connectivity index (χ1) is 18.2. The van der Waals surface area contributed by atoms with E-state index < -0.39 is 17.8 Å². The third-order valence-corrected chi connectivity index (χ3v) is 6.75. The molecule has 38 heavy (non-hydrogen) atoms. The molecule has 10 heteroatoms. The number of amides is 4. The summed E-state index contributed by atoms with van der Waals surface area (Å²) in [4.78, 5) is 39.5. The summed E-state index contributed by atoms with van der Waals surface area (Å²) in [7, 11) is 1.51. The van der Waals surface area contributed by atoms with E-state index in [1.54, 1.807) is 24.3 Å². The number of nitrogens with one attached hydrogen (secondary N) is 1. The van der Waals surface area contributed by atoms with Gasteiger partial charge in [0.25, 0.3) is 11.8 Å². The molecular formula is C28H23IN2O7. The van der Waals surface area contributed by atoms with Gasteiger partial charge in [-0.1, -0.05) is 12.1 Å². The van der Waals surface area contributed by atoms with Crippen LogP contribution in [0.4, 0.5) is 10.5 Å². The minimum absolute atomic E-state index is 0.171. The summed E-state index contributed by atoms with van der Waals surface area (Å²) in [6.07, 6.45) is 1.44. The van der Waals surface area contributed by atoms with Gasteiger partial charge in [-0.15, -0.1) is 0 Å². The predicted octanol–water partition coefficient (Wildman–Crippen LogP) is 4.89. The minimum atomic E-state index is -0.790. The van der Waals surface area contributed by atoms with Crippen molar-refractivity contribution in [3.05, 3.63) is 79.9 Å². The molecule has 0 radical (unpaired) electrons. The van der Waals surface area contributed by atoms with E-state index in [1.165, 1.54) is 13.2 Å². The van der Waals surface area contributed by atoms with Gasteiger partial charge in [-0.05, 0) is 101 Å². The fraction of sp³-hybridized carbons (Fsp3) is 0.179. The lowest BCUT2D eigenvalue weighted by atomic mass is 10.0. The first kappa shape index (κ1) is 25.6. The highest BCUT2D eigenvalue weighted by Gasteiger charge is 2.37. The van der Waals surface area contributed by atoms with E-state index in [4.69, 9.17) is 18.9 Å². The number of imide groups is 2. The van der Waals surface area contributed by atoms with Crippen molar-refractivity contribution < 1.29 is 33.3 Å². The van der Waals surface area contributed by atoms with Crippen LogP contribution in [0.15, 0.2) is 54.1 Å². The zero-order chi connectivity index (χ0) is 27.0.